The largest absolute Gasteiger partial charge is 0.491 e. The summed E-state index contributed by atoms with van der Waals surface area (Å²) in [7, 11) is 3.38. The van der Waals surface area contributed by atoms with Crippen molar-refractivity contribution in [1.29, 1.82) is 0 Å². The molecule has 2 fully saturated rings. The number of amides is 4. The first kappa shape index (κ1) is 28.1. The van der Waals surface area contributed by atoms with Crippen LogP contribution in [0.25, 0.3) is 11.1 Å². The first-order chi connectivity index (χ1) is 21.1. The van der Waals surface area contributed by atoms with Gasteiger partial charge in [-0.3, -0.25) is 19.1 Å². The van der Waals surface area contributed by atoms with E-state index in [1.165, 1.54) is 17.0 Å². The SMILES string of the molecule is CN(C)C(=O)Cn1cc(-c2ccc3c(c2)CCC32OC(=O)N(CC(=O)N3Cc4cc(F)ccc4OCC3C3CC3)C2=O)cn1. The molecule has 1 spiro atoms. The lowest BCUT2D eigenvalue weighted by Crippen LogP contribution is -2.49. The third-order valence-electron chi connectivity index (χ3n) is 9.07. The molecule has 2 atom stereocenters. The van der Waals surface area contributed by atoms with E-state index < -0.39 is 35.9 Å². The summed E-state index contributed by atoms with van der Waals surface area (Å²) in [4.78, 5) is 56.8. The van der Waals surface area contributed by atoms with E-state index in [0.29, 0.717) is 23.3 Å². The van der Waals surface area contributed by atoms with Gasteiger partial charge in [0, 0.05) is 49.9 Å². The number of likely N-dealkylation sites (N-methyl/N-ethyl adjacent to an activating group) is 1. The Bertz CT molecular complexity index is 1700. The highest BCUT2D eigenvalue weighted by molar-refractivity contribution is 6.06. The van der Waals surface area contributed by atoms with Crippen molar-refractivity contribution >= 4 is 23.8 Å². The zero-order valence-corrected chi connectivity index (χ0v) is 24.5. The molecule has 2 aliphatic heterocycles. The smallest absolute Gasteiger partial charge is 0.418 e. The lowest BCUT2D eigenvalue weighted by molar-refractivity contribution is -0.143. The molecule has 2 aromatic carbocycles. The van der Waals surface area contributed by atoms with Crippen LogP contribution in [0.3, 0.4) is 0 Å². The Morgan fingerprint density at radius 2 is 1.89 bits per heavy atom. The van der Waals surface area contributed by atoms with Gasteiger partial charge in [-0.25, -0.2) is 14.1 Å². The summed E-state index contributed by atoms with van der Waals surface area (Å²) in [6.07, 6.45) is 5.29. The molecular formula is C32H32FN5O6. The summed E-state index contributed by atoms with van der Waals surface area (Å²) in [6.45, 7) is 0.0413. The maximum absolute atomic E-state index is 14.0. The molecule has 4 aliphatic rings. The molecule has 2 aliphatic carbocycles. The minimum absolute atomic E-state index is 0.0777. The normalized spacial score (nSPS) is 22.4. The fourth-order valence-corrected chi connectivity index (χ4v) is 6.46. The Kier molecular flexibility index (Phi) is 6.67. The highest BCUT2D eigenvalue weighted by Gasteiger charge is 2.58. The summed E-state index contributed by atoms with van der Waals surface area (Å²) in [5.74, 6) is -0.699. The minimum atomic E-state index is -1.49. The number of rotatable bonds is 6. The molecule has 1 saturated carbocycles. The van der Waals surface area contributed by atoms with E-state index in [-0.39, 0.29) is 44.0 Å². The summed E-state index contributed by atoms with van der Waals surface area (Å²) >= 11 is 0. The maximum Gasteiger partial charge on any atom is 0.418 e. The third-order valence-corrected chi connectivity index (χ3v) is 9.07. The first-order valence-corrected chi connectivity index (χ1v) is 14.7. The van der Waals surface area contributed by atoms with Crippen molar-refractivity contribution in [2.45, 2.75) is 50.4 Å². The number of carbonyl (C=O) groups is 4. The van der Waals surface area contributed by atoms with Crippen molar-refractivity contribution in [3.63, 3.8) is 0 Å². The Morgan fingerprint density at radius 1 is 1.07 bits per heavy atom. The standard InChI is InChI=1S/C32H32FN5O6/c1-35(2)28(39)16-36-14-23(13-34-36)20-5-7-25-21(11-20)9-10-32(25)30(41)38(31(42)44-32)17-29(40)37-15-22-12-24(33)6-8-27(22)43-18-26(37)19-3-4-19/h5-8,11-14,19,26H,3-4,9-10,15-18H2,1-2H3. The van der Waals surface area contributed by atoms with Crippen molar-refractivity contribution in [2.24, 2.45) is 5.92 Å². The maximum atomic E-state index is 14.0. The zero-order chi connectivity index (χ0) is 30.7. The van der Waals surface area contributed by atoms with E-state index in [1.54, 1.807) is 48.2 Å². The fourth-order valence-electron chi connectivity index (χ4n) is 6.46. The predicted molar refractivity (Wildman–Crippen MR) is 154 cm³/mol. The molecule has 3 aromatic rings. The summed E-state index contributed by atoms with van der Waals surface area (Å²) in [5, 5.41) is 4.30. The number of benzene rings is 2. The molecular weight excluding hydrogens is 569 g/mol. The molecule has 2 unspecified atom stereocenters. The lowest BCUT2D eigenvalue weighted by atomic mass is 9.93. The number of nitrogens with zero attached hydrogens (tertiary/aromatic N) is 5. The second-order valence-corrected chi connectivity index (χ2v) is 12.2. The van der Waals surface area contributed by atoms with Gasteiger partial charge >= 0.3 is 6.09 Å². The van der Waals surface area contributed by atoms with Gasteiger partial charge in [-0.1, -0.05) is 18.2 Å². The molecule has 0 N–H and O–H groups in total. The lowest BCUT2D eigenvalue weighted by Gasteiger charge is -2.30. The van der Waals surface area contributed by atoms with Crippen LogP contribution in [-0.4, -0.2) is 81.6 Å². The van der Waals surface area contributed by atoms with Crippen LogP contribution in [0, 0.1) is 11.7 Å². The van der Waals surface area contributed by atoms with Crippen molar-refractivity contribution in [1.82, 2.24) is 24.5 Å². The Balaban J connectivity index is 1.10. The molecule has 0 bridgehead atoms. The van der Waals surface area contributed by atoms with Crippen molar-refractivity contribution in [3.05, 3.63) is 71.3 Å². The molecule has 4 amide bonds. The Morgan fingerprint density at radius 3 is 2.66 bits per heavy atom. The van der Waals surface area contributed by atoms with Gasteiger partial charge in [-0.05, 0) is 54.5 Å². The molecule has 1 aromatic heterocycles. The van der Waals surface area contributed by atoms with Crippen molar-refractivity contribution in [2.75, 3.05) is 27.2 Å². The van der Waals surface area contributed by atoms with E-state index in [2.05, 4.69) is 5.10 Å². The Labute approximate surface area is 253 Å². The molecule has 1 saturated heterocycles. The van der Waals surface area contributed by atoms with Crippen LogP contribution in [0.1, 0.15) is 36.0 Å². The molecule has 11 nitrogen and oxygen atoms in total. The van der Waals surface area contributed by atoms with E-state index >= 15 is 0 Å². The highest BCUT2D eigenvalue weighted by atomic mass is 19.1. The van der Waals surface area contributed by atoms with Gasteiger partial charge in [0.05, 0.1) is 12.2 Å². The topological polar surface area (TPSA) is 114 Å². The zero-order valence-electron chi connectivity index (χ0n) is 24.5. The van der Waals surface area contributed by atoms with Gasteiger partial charge in [0.1, 0.15) is 31.3 Å². The van der Waals surface area contributed by atoms with Crippen LogP contribution in [0.2, 0.25) is 0 Å². The third kappa shape index (κ3) is 4.78. The number of halogens is 1. The van der Waals surface area contributed by atoms with Gasteiger partial charge in [0.25, 0.3) is 5.91 Å². The van der Waals surface area contributed by atoms with Gasteiger partial charge in [-0.15, -0.1) is 0 Å². The van der Waals surface area contributed by atoms with Crippen LogP contribution < -0.4 is 4.74 Å². The minimum Gasteiger partial charge on any atom is -0.491 e. The number of ether oxygens (including phenoxy) is 2. The highest BCUT2D eigenvalue weighted by Crippen LogP contribution is 2.46. The number of imide groups is 1. The number of aromatic nitrogens is 2. The molecule has 228 valence electrons. The van der Waals surface area contributed by atoms with Crippen molar-refractivity contribution < 1.29 is 33.0 Å². The van der Waals surface area contributed by atoms with Crippen LogP contribution in [0.4, 0.5) is 9.18 Å². The number of carbonyl (C=O) groups excluding carboxylic acids is 4. The predicted octanol–water partition coefficient (Wildman–Crippen LogP) is 3.10. The second-order valence-electron chi connectivity index (χ2n) is 12.2. The number of hydrogen-bond acceptors (Lipinski definition) is 7. The van der Waals surface area contributed by atoms with E-state index in [4.69, 9.17) is 9.47 Å². The molecule has 12 heteroatoms. The summed E-state index contributed by atoms with van der Waals surface area (Å²) in [6, 6.07) is 9.58. The van der Waals surface area contributed by atoms with Crippen LogP contribution in [0.15, 0.2) is 48.8 Å². The fraction of sp³-hybridized carbons (Fsp3) is 0.406. The summed E-state index contributed by atoms with van der Waals surface area (Å²) in [5.41, 5.74) is 2.21. The van der Waals surface area contributed by atoms with Crippen LogP contribution >= 0.6 is 0 Å². The summed E-state index contributed by atoms with van der Waals surface area (Å²) < 4.78 is 27.3. The van der Waals surface area contributed by atoms with Gasteiger partial charge < -0.3 is 19.3 Å². The number of aryl methyl sites for hydroxylation is 1. The van der Waals surface area contributed by atoms with Gasteiger partial charge in [0.15, 0.2) is 0 Å². The van der Waals surface area contributed by atoms with E-state index in [1.807, 2.05) is 12.1 Å². The van der Waals surface area contributed by atoms with Crippen LogP contribution in [-0.2, 0) is 44.2 Å². The number of hydrogen-bond donors (Lipinski definition) is 0. The van der Waals surface area contributed by atoms with Gasteiger partial charge in [0.2, 0.25) is 17.4 Å². The van der Waals surface area contributed by atoms with Crippen LogP contribution in [0.5, 0.6) is 5.75 Å². The molecule has 44 heavy (non-hydrogen) atoms. The average molecular weight is 602 g/mol. The Hall–Kier alpha value is -4.74. The quantitative estimate of drug-likeness (QED) is 0.427. The van der Waals surface area contributed by atoms with E-state index in [9.17, 15) is 23.6 Å². The average Bonchev–Trinajstić information content (AvgIpc) is 3.61. The van der Waals surface area contributed by atoms with E-state index in [0.717, 1.165) is 34.4 Å². The van der Waals surface area contributed by atoms with Gasteiger partial charge in [-0.2, -0.15) is 5.10 Å². The number of fused-ring (bicyclic) bond motifs is 3. The molecule has 3 heterocycles. The first-order valence-electron chi connectivity index (χ1n) is 14.7. The molecule has 7 rings (SSSR count). The van der Waals surface area contributed by atoms with Crippen molar-refractivity contribution in [3.8, 4) is 16.9 Å². The monoisotopic (exact) mass is 601 g/mol. The molecule has 0 radical (unpaired) electrons. The second kappa shape index (κ2) is 10.5.